The lowest BCUT2D eigenvalue weighted by atomic mass is 9.62. The lowest BCUT2D eigenvalue weighted by Gasteiger charge is -2.58. The van der Waals surface area contributed by atoms with Crippen LogP contribution in [0.1, 0.15) is 18.4 Å². The summed E-state index contributed by atoms with van der Waals surface area (Å²) in [4.78, 5) is 6.60. The molecule has 158 valence electrons. The van der Waals surface area contributed by atoms with Crippen molar-refractivity contribution < 1.29 is 13.2 Å². The van der Waals surface area contributed by atoms with Crippen LogP contribution in [0.3, 0.4) is 0 Å². The van der Waals surface area contributed by atoms with E-state index < -0.39 is 17.8 Å². The van der Waals surface area contributed by atoms with Crippen LogP contribution in [0.5, 0.6) is 0 Å². The molecule has 2 aliphatic heterocycles. The van der Waals surface area contributed by atoms with Gasteiger partial charge in [0.05, 0.1) is 23.1 Å². The van der Waals surface area contributed by atoms with E-state index >= 15 is 0 Å². The number of benzene rings is 2. The molecule has 5 nitrogen and oxygen atoms in total. The van der Waals surface area contributed by atoms with Crippen molar-refractivity contribution in [1.82, 2.24) is 9.78 Å². The number of hydrogen-bond donors (Lipinski definition) is 1. The Balaban J connectivity index is 1.41. The Morgan fingerprint density at radius 2 is 1.84 bits per heavy atom. The molecule has 0 radical (unpaired) electrons. The van der Waals surface area contributed by atoms with Crippen LogP contribution in [-0.2, 0) is 0 Å². The molecule has 2 aromatic carbocycles. The van der Waals surface area contributed by atoms with Gasteiger partial charge in [0.2, 0.25) is 0 Å². The van der Waals surface area contributed by atoms with E-state index in [4.69, 9.17) is 11.6 Å². The van der Waals surface area contributed by atoms with E-state index in [1.54, 1.807) is 4.68 Å². The first-order valence-corrected chi connectivity index (χ1v) is 10.4. The number of fused-ring (bicyclic) bond motifs is 3. The largest absolute Gasteiger partial charge is 0.370 e. The third kappa shape index (κ3) is 2.85. The number of rotatable bonds is 2. The van der Waals surface area contributed by atoms with Crippen LogP contribution < -0.4 is 10.2 Å². The van der Waals surface area contributed by atoms with Gasteiger partial charge in [-0.1, -0.05) is 17.7 Å². The maximum absolute atomic E-state index is 14.5. The van der Waals surface area contributed by atoms with Crippen LogP contribution in [0.2, 0.25) is 5.02 Å². The van der Waals surface area contributed by atoms with E-state index in [-0.39, 0.29) is 27.7 Å². The number of anilines is 2. The molecule has 31 heavy (non-hydrogen) atoms. The van der Waals surface area contributed by atoms with Crippen LogP contribution in [0.4, 0.5) is 30.4 Å². The van der Waals surface area contributed by atoms with Gasteiger partial charge in [-0.25, -0.2) is 22.8 Å². The summed E-state index contributed by atoms with van der Waals surface area (Å²) in [6.45, 7) is 1.63. The quantitative estimate of drug-likeness (QED) is 0.588. The molecule has 3 heterocycles. The average molecular weight is 444 g/mol. The van der Waals surface area contributed by atoms with E-state index in [9.17, 15) is 13.2 Å². The molecule has 0 unspecified atom stereocenters. The smallest absolute Gasteiger partial charge is 0.176 e. The molecule has 6 rings (SSSR count). The minimum atomic E-state index is -0.731. The molecule has 1 saturated carbocycles. The summed E-state index contributed by atoms with van der Waals surface area (Å²) in [7, 11) is 0. The van der Waals surface area contributed by atoms with E-state index in [0.29, 0.717) is 24.2 Å². The van der Waals surface area contributed by atoms with Crippen molar-refractivity contribution in [1.29, 1.82) is 0 Å². The summed E-state index contributed by atoms with van der Waals surface area (Å²) in [5.41, 5.74) is 2.05. The van der Waals surface area contributed by atoms with E-state index in [0.717, 1.165) is 18.8 Å². The van der Waals surface area contributed by atoms with Crippen LogP contribution in [0.15, 0.2) is 47.6 Å². The van der Waals surface area contributed by atoms with E-state index in [2.05, 4.69) is 20.3 Å². The van der Waals surface area contributed by atoms with Crippen LogP contribution >= 0.6 is 11.6 Å². The van der Waals surface area contributed by atoms with Crippen LogP contribution in [0, 0.1) is 17.0 Å². The van der Waals surface area contributed by atoms with Crippen LogP contribution in [-0.4, -0.2) is 34.9 Å². The first-order chi connectivity index (χ1) is 14.9. The second-order valence-corrected chi connectivity index (χ2v) is 8.88. The van der Waals surface area contributed by atoms with Crippen molar-refractivity contribution in [3.8, 4) is 5.69 Å². The van der Waals surface area contributed by atoms with E-state index in [1.807, 2.05) is 18.2 Å². The highest BCUT2D eigenvalue weighted by Crippen LogP contribution is 2.51. The summed E-state index contributed by atoms with van der Waals surface area (Å²) in [6.07, 6.45) is 2.02. The SMILES string of the molecule is Fc1cccc(F)c1C1=Nc2c(Cl)cnn2-c2cc(N3CC4(CC(F)C4)C3)ccc2N1. The van der Waals surface area contributed by atoms with Gasteiger partial charge < -0.3 is 10.2 Å². The molecular formula is C22H17ClF3N5. The number of halogens is 4. The fraction of sp³-hybridized carbons (Fsp3) is 0.273. The van der Waals surface area contributed by atoms with Crippen molar-refractivity contribution in [2.24, 2.45) is 10.4 Å². The zero-order valence-electron chi connectivity index (χ0n) is 16.2. The molecule has 1 aromatic heterocycles. The van der Waals surface area contributed by atoms with Gasteiger partial charge in [0.1, 0.15) is 28.7 Å². The summed E-state index contributed by atoms with van der Waals surface area (Å²) in [5, 5.41) is 7.63. The Morgan fingerprint density at radius 3 is 2.55 bits per heavy atom. The van der Waals surface area contributed by atoms with Crippen molar-refractivity contribution in [3.63, 3.8) is 0 Å². The Kier molecular flexibility index (Phi) is 3.93. The summed E-state index contributed by atoms with van der Waals surface area (Å²) in [6, 6.07) is 9.35. The number of aliphatic imine (C=N–C) groups is 1. The predicted octanol–water partition coefficient (Wildman–Crippen LogP) is 5.25. The second kappa shape index (κ2) is 6.50. The number of aromatic nitrogens is 2. The summed E-state index contributed by atoms with van der Waals surface area (Å²) >= 11 is 6.30. The third-order valence-electron chi connectivity index (χ3n) is 6.31. The number of amidine groups is 1. The standard InChI is InChI=1S/C22H17ClF3N5/c23-14-9-27-31-18-6-13(30-10-22(11-30)7-12(24)8-22)4-5-17(18)28-20(29-21(14)31)19-15(25)2-1-3-16(19)26/h1-6,9,12H,7-8,10-11H2,(H,28,29). The zero-order chi connectivity index (χ0) is 21.3. The Hall–Kier alpha value is -3.00. The minimum absolute atomic E-state index is 0.0112. The summed E-state index contributed by atoms with van der Waals surface area (Å²) < 4.78 is 43.8. The second-order valence-electron chi connectivity index (χ2n) is 8.47. The van der Waals surface area contributed by atoms with Gasteiger partial charge in [0, 0.05) is 24.2 Å². The van der Waals surface area contributed by atoms with Crippen molar-refractivity contribution in [2.45, 2.75) is 19.0 Å². The third-order valence-corrected chi connectivity index (χ3v) is 6.57. The normalized spacial score (nSPS) is 19.0. The van der Waals surface area contributed by atoms with Gasteiger partial charge >= 0.3 is 0 Å². The molecule has 3 aromatic rings. The highest BCUT2D eigenvalue weighted by molar-refractivity contribution is 6.33. The molecule has 1 spiro atoms. The number of hydrogen-bond acceptors (Lipinski definition) is 4. The molecule has 1 aliphatic carbocycles. The average Bonchev–Trinajstić information content (AvgIpc) is 2.95. The Morgan fingerprint density at radius 1 is 1.10 bits per heavy atom. The number of nitrogens with one attached hydrogen (secondary N) is 1. The first-order valence-electron chi connectivity index (χ1n) is 10.00. The number of alkyl halides is 1. The Labute approximate surface area is 181 Å². The Bertz CT molecular complexity index is 1220. The molecule has 9 heteroatoms. The summed E-state index contributed by atoms with van der Waals surface area (Å²) in [5.74, 6) is -1.17. The first kappa shape index (κ1) is 18.7. The molecular weight excluding hydrogens is 427 g/mol. The molecule has 1 N–H and O–H groups in total. The monoisotopic (exact) mass is 443 g/mol. The van der Waals surface area contributed by atoms with E-state index in [1.165, 1.54) is 24.4 Å². The van der Waals surface area contributed by atoms with Crippen LogP contribution in [0.25, 0.3) is 5.69 Å². The van der Waals surface area contributed by atoms with Crippen molar-refractivity contribution >= 4 is 34.6 Å². The highest BCUT2D eigenvalue weighted by atomic mass is 35.5. The van der Waals surface area contributed by atoms with Gasteiger partial charge in [-0.2, -0.15) is 5.10 Å². The lowest BCUT2D eigenvalue weighted by Crippen LogP contribution is -2.63. The molecule has 0 atom stereocenters. The van der Waals surface area contributed by atoms with Gasteiger partial charge in [-0.15, -0.1) is 0 Å². The lowest BCUT2D eigenvalue weighted by molar-refractivity contribution is 0.000859. The minimum Gasteiger partial charge on any atom is -0.370 e. The molecule has 0 bridgehead atoms. The molecule has 1 saturated heterocycles. The number of nitrogens with zero attached hydrogens (tertiary/aromatic N) is 4. The molecule has 3 aliphatic rings. The molecule has 2 fully saturated rings. The van der Waals surface area contributed by atoms with Crippen molar-refractivity contribution in [3.05, 3.63) is 64.8 Å². The van der Waals surface area contributed by atoms with Gasteiger partial charge in [0.25, 0.3) is 0 Å². The molecule has 0 amide bonds. The topological polar surface area (TPSA) is 45.5 Å². The zero-order valence-corrected chi connectivity index (χ0v) is 17.0. The highest BCUT2D eigenvalue weighted by Gasteiger charge is 2.52. The predicted molar refractivity (Wildman–Crippen MR) is 114 cm³/mol. The fourth-order valence-corrected chi connectivity index (χ4v) is 4.95. The fourth-order valence-electron chi connectivity index (χ4n) is 4.78. The van der Waals surface area contributed by atoms with Gasteiger partial charge in [-0.3, -0.25) is 0 Å². The van der Waals surface area contributed by atoms with Crippen molar-refractivity contribution in [2.75, 3.05) is 23.3 Å². The van der Waals surface area contributed by atoms with Gasteiger partial charge in [-0.05, 0) is 43.2 Å². The van der Waals surface area contributed by atoms with Gasteiger partial charge in [0.15, 0.2) is 5.82 Å². The maximum Gasteiger partial charge on any atom is 0.176 e. The maximum atomic E-state index is 14.5.